The predicted octanol–water partition coefficient (Wildman–Crippen LogP) is 0.149. The summed E-state index contributed by atoms with van der Waals surface area (Å²) in [6, 6.07) is 3.14. The van der Waals surface area contributed by atoms with Gasteiger partial charge >= 0.3 is 0 Å². The Morgan fingerprint density at radius 2 is 2.20 bits per heavy atom. The number of aliphatic hydroxyl groups is 1. The molecule has 54 valence electrons. The molecule has 0 saturated heterocycles. The van der Waals surface area contributed by atoms with Crippen molar-refractivity contribution in [3.63, 3.8) is 0 Å². The molecule has 4 nitrogen and oxygen atoms in total. The van der Waals surface area contributed by atoms with Crippen LogP contribution in [0.15, 0.2) is 0 Å². The van der Waals surface area contributed by atoms with Crippen LogP contribution in [-0.2, 0) is 4.74 Å². The summed E-state index contributed by atoms with van der Waals surface area (Å²) in [6.45, 7) is 1.85. The quantitative estimate of drug-likeness (QED) is 0.447. The summed E-state index contributed by atoms with van der Waals surface area (Å²) < 4.78 is 4.59. The normalized spacial score (nSPS) is 14.8. The molecule has 0 saturated carbocycles. The Hall–Kier alpha value is -1.10. The van der Waals surface area contributed by atoms with Gasteiger partial charge in [0.25, 0.3) is 5.79 Å². The fourth-order valence-electron chi connectivity index (χ4n) is 0.469. The number of rotatable bonds is 3. The fraction of sp³-hybridized carbons (Fsp3) is 0.667. The Balaban J connectivity index is 4.01. The van der Waals surface area contributed by atoms with Gasteiger partial charge in [-0.2, -0.15) is 10.5 Å². The van der Waals surface area contributed by atoms with E-state index in [2.05, 4.69) is 4.74 Å². The minimum atomic E-state index is -1.91. The molecule has 0 aliphatic carbocycles. The van der Waals surface area contributed by atoms with E-state index in [4.69, 9.17) is 15.6 Å². The Labute approximate surface area is 59.3 Å². The Bertz CT molecular complexity index is 179. The molecule has 0 fully saturated rings. The van der Waals surface area contributed by atoms with Crippen LogP contribution in [0.1, 0.15) is 13.3 Å². The van der Waals surface area contributed by atoms with Crippen LogP contribution in [0.25, 0.3) is 0 Å². The van der Waals surface area contributed by atoms with E-state index in [0.29, 0.717) is 0 Å². The lowest BCUT2D eigenvalue weighted by Crippen LogP contribution is -2.29. The van der Waals surface area contributed by atoms with Crippen LogP contribution in [0.2, 0.25) is 0 Å². The van der Waals surface area contributed by atoms with Gasteiger partial charge in [0.2, 0.25) is 0 Å². The van der Waals surface area contributed by atoms with Crippen LogP contribution in [0.4, 0.5) is 0 Å². The summed E-state index contributed by atoms with van der Waals surface area (Å²) in [4.78, 5) is 0. The number of ether oxygens (including phenoxy) is 1. The van der Waals surface area contributed by atoms with Gasteiger partial charge in [0.05, 0.1) is 6.07 Å². The summed E-state index contributed by atoms with van der Waals surface area (Å²) >= 11 is 0. The van der Waals surface area contributed by atoms with E-state index in [1.54, 1.807) is 13.0 Å². The molecule has 0 aromatic rings. The van der Waals surface area contributed by atoms with E-state index < -0.39 is 5.79 Å². The van der Waals surface area contributed by atoms with E-state index in [1.807, 2.05) is 0 Å². The first-order valence-electron chi connectivity index (χ1n) is 2.83. The van der Waals surface area contributed by atoms with Crippen molar-refractivity contribution in [3.8, 4) is 12.1 Å². The lowest BCUT2D eigenvalue weighted by atomic mass is 10.2. The van der Waals surface area contributed by atoms with E-state index in [9.17, 15) is 0 Å². The number of nitriles is 2. The van der Waals surface area contributed by atoms with Gasteiger partial charge in [-0.3, -0.25) is 0 Å². The molecule has 0 spiro atoms. The Morgan fingerprint density at radius 3 is 2.50 bits per heavy atom. The van der Waals surface area contributed by atoms with Crippen LogP contribution in [-0.4, -0.2) is 17.5 Å². The molecule has 0 bridgehead atoms. The topological polar surface area (TPSA) is 77.0 Å². The van der Waals surface area contributed by atoms with Gasteiger partial charge in [0, 0.05) is 6.61 Å². The van der Waals surface area contributed by atoms with Gasteiger partial charge in [-0.15, -0.1) is 0 Å². The minimum Gasteiger partial charge on any atom is -0.353 e. The molecule has 0 heterocycles. The standard InChI is InChI=1S/C6H8N2O2/c1-2-10-6(9,5-8)3-4-7/h9H,2-3H2,1H3. The van der Waals surface area contributed by atoms with Crippen LogP contribution in [0.5, 0.6) is 0 Å². The van der Waals surface area contributed by atoms with Gasteiger partial charge < -0.3 is 9.84 Å². The highest BCUT2D eigenvalue weighted by Crippen LogP contribution is 2.08. The van der Waals surface area contributed by atoms with Crippen molar-refractivity contribution in [2.45, 2.75) is 19.1 Å². The highest BCUT2D eigenvalue weighted by Gasteiger charge is 2.26. The van der Waals surface area contributed by atoms with E-state index in [1.165, 1.54) is 6.07 Å². The molecule has 1 unspecified atom stereocenters. The molecule has 0 radical (unpaired) electrons. The molecule has 1 atom stereocenters. The van der Waals surface area contributed by atoms with Crippen molar-refractivity contribution in [2.75, 3.05) is 6.61 Å². The molecule has 0 aliphatic rings. The Kier molecular flexibility index (Phi) is 3.42. The zero-order valence-corrected chi connectivity index (χ0v) is 5.66. The molecule has 0 aliphatic heterocycles. The Morgan fingerprint density at radius 1 is 1.60 bits per heavy atom. The molecule has 4 heteroatoms. The molecule has 0 amide bonds. The smallest absolute Gasteiger partial charge is 0.270 e. The largest absolute Gasteiger partial charge is 0.353 e. The average molecular weight is 140 g/mol. The lowest BCUT2D eigenvalue weighted by molar-refractivity contribution is -0.152. The highest BCUT2D eigenvalue weighted by molar-refractivity contribution is 4.98. The highest BCUT2D eigenvalue weighted by atomic mass is 16.6. The van der Waals surface area contributed by atoms with E-state index in [-0.39, 0.29) is 13.0 Å². The first-order valence-corrected chi connectivity index (χ1v) is 2.83. The summed E-state index contributed by atoms with van der Waals surface area (Å²) in [5, 5.41) is 25.4. The zero-order valence-electron chi connectivity index (χ0n) is 5.66. The average Bonchev–Trinajstić information content (AvgIpc) is 1.89. The second-order valence-corrected chi connectivity index (χ2v) is 1.66. The van der Waals surface area contributed by atoms with Crippen LogP contribution < -0.4 is 0 Å². The second kappa shape index (κ2) is 3.84. The third-order valence-electron chi connectivity index (χ3n) is 0.876. The molecule has 0 aromatic carbocycles. The fourth-order valence-corrected chi connectivity index (χ4v) is 0.469. The maximum Gasteiger partial charge on any atom is 0.270 e. The lowest BCUT2D eigenvalue weighted by Gasteiger charge is -2.14. The molecule has 0 aromatic heterocycles. The number of hydrogen-bond acceptors (Lipinski definition) is 4. The van der Waals surface area contributed by atoms with E-state index in [0.717, 1.165) is 0 Å². The van der Waals surface area contributed by atoms with Crippen molar-refractivity contribution < 1.29 is 9.84 Å². The summed E-state index contributed by atoms with van der Waals surface area (Å²) in [5.41, 5.74) is 0. The summed E-state index contributed by atoms with van der Waals surface area (Å²) in [7, 11) is 0. The van der Waals surface area contributed by atoms with Crippen molar-refractivity contribution in [1.29, 1.82) is 10.5 Å². The predicted molar refractivity (Wildman–Crippen MR) is 32.4 cm³/mol. The van der Waals surface area contributed by atoms with Crippen LogP contribution in [0, 0.1) is 22.7 Å². The van der Waals surface area contributed by atoms with Gasteiger partial charge in [0.1, 0.15) is 12.5 Å². The van der Waals surface area contributed by atoms with Gasteiger partial charge in [0.15, 0.2) is 0 Å². The molecular weight excluding hydrogens is 132 g/mol. The van der Waals surface area contributed by atoms with Crippen molar-refractivity contribution in [1.82, 2.24) is 0 Å². The molecule has 10 heavy (non-hydrogen) atoms. The molecule has 1 N–H and O–H groups in total. The van der Waals surface area contributed by atoms with Gasteiger partial charge in [-0.1, -0.05) is 0 Å². The maximum absolute atomic E-state index is 9.01. The maximum atomic E-state index is 9.01. The van der Waals surface area contributed by atoms with Crippen LogP contribution in [0.3, 0.4) is 0 Å². The van der Waals surface area contributed by atoms with E-state index >= 15 is 0 Å². The van der Waals surface area contributed by atoms with Crippen LogP contribution >= 0.6 is 0 Å². The third-order valence-corrected chi connectivity index (χ3v) is 0.876. The zero-order chi connectivity index (χ0) is 8.04. The van der Waals surface area contributed by atoms with Crippen molar-refractivity contribution in [2.24, 2.45) is 0 Å². The molecule has 0 rings (SSSR count). The monoisotopic (exact) mass is 140 g/mol. The second-order valence-electron chi connectivity index (χ2n) is 1.66. The SMILES string of the molecule is CCOC(O)(C#N)CC#N. The number of hydrogen-bond donors (Lipinski definition) is 1. The summed E-state index contributed by atoms with van der Waals surface area (Å²) in [6.07, 6.45) is -0.322. The molecular formula is C6H8N2O2. The summed E-state index contributed by atoms with van der Waals surface area (Å²) in [5.74, 6) is -1.91. The first kappa shape index (κ1) is 8.90. The third kappa shape index (κ3) is 2.45. The van der Waals surface area contributed by atoms with Gasteiger partial charge in [-0.05, 0) is 6.92 Å². The minimum absolute atomic E-state index is 0.214. The van der Waals surface area contributed by atoms with Crippen molar-refractivity contribution >= 4 is 0 Å². The number of nitrogens with zero attached hydrogens (tertiary/aromatic N) is 2. The van der Waals surface area contributed by atoms with Gasteiger partial charge in [-0.25, -0.2) is 0 Å². The first-order chi connectivity index (χ1) is 4.68. The van der Waals surface area contributed by atoms with Crippen molar-refractivity contribution in [3.05, 3.63) is 0 Å².